The van der Waals surface area contributed by atoms with Gasteiger partial charge in [0, 0.05) is 6.04 Å². The fourth-order valence-corrected chi connectivity index (χ4v) is 1.87. The molecule has 2 nitrogen and oxygen atoms in total. The second-order valence-electron chi connectivity index (χ2n) is 4.42. The van der Waals surface area contributed by atoms with Crippen LogP contribution in [0.1, 0.15) is 31.4 Å². The van der Waals surface area contributed by atoms with Crippen LogP contribution < -0.4 is 5.32 Å². The summed E-state index contributed by atoms with van der Waals surface area (Å²) < 4.78 is 0. The van der Waals surface area contributed by atoms with Crippen molar-refractivity contribution in [2.24, 2.45) is 0 Å². The van der Waals surface area contributed by atoms with Crippen LogP contribution in [0.15, 0.2) is 24.3 Å². The summed E-state index contributed by atoms with van der Waals surface area (Å²) in [5, 5.41) is 3.02. The molecule has 0 fully saturated rings. The number of halogens is 1. The average molecular weight is 298 g/mol. The van der Waals surface area contributed by atoms with Gasteiger partial charge >= 0.3 is 0 Å². The van der Waals surface area contributed by atoms with Crippen LogP contribution in [0.5, 0.6) is 0 Å². The lowest BCUT2D eigenvalue weighted by Crippen LogP contribution is -2.38. The Morgan fingerprint density at radius 3 is 2.65 bits per heavy atom. The normalized spacial score (nSPS) is 14.1. The SMILES string of the molecule is CCC(Br)C(=O)NC(C)Cc1ccccc1C. The molecule has 3 heteroatoms. The van der Waals surface area contributed by atoms with E-state index in [1.54, 1.807) is 0 Å². The summed E-state index contributed by atoms with van der Waals surface area (Å²) in [5.41, 5.74) is 2.57. The molecule has 0 saturated heterocycles. The molecule has 0 radical (unpaired) electrons. The second kappa shape index (κ2) is 6.80. The van der Waals surface area contributed by atoms with Gasteiger partial charge in [-0.15, -0.1) is 0 Å². The zero-order valence-corrected chi connectivity index (χ0v) is 12.3. The van der Waals surface area contributed by atoms with Gasteiger partial charge in [0.2, 0.25) is 5.91 Å². The molecule has 1 N–H and O–H groups in total. The van der Waals surface area contributed by atoms with E-state index in [4.69, 9.17) is 0 Å². The number of alkyl halides is 1. The Balaban J connectivity index is 2.53. The molecule has 2 unspecified atom stereocenters. The van der Waals surface area contributed by atoms with Gasteiger partial charge in [0.15, 0.2) is 0 Å². The fraction of sp³-hybridized carbons (Fsp3) is 0.500. The van der Waals surface area contributed by atoms with Gasteiger partial charge in [-0.05, 0) is 37.8 Å². The minimum atomic E-state index is -0.0816. The summed E-state index contributed by atoms with van der Waals surface area (Å²) in [5.74, 6) is 0.0774. The van der Waals surface area contributed by atoms with Crippen LogP contribution >= 0.6 is 15.9 Å². The number of carbonyl (C=O) groups excluding carboxylic acids is 1. The molecule has 0 aromatic heterocycles. The monoisotopic (exact) mass is 297 g/mol. The highest BCUT2D eigenvalue weighted by atomic mass is 79.9. The zero-order valence-electron chi connectivity index (χ0n) is 10.7. The van der Waals surface area contributed by atoms with Crippen molar-refractivity contribution in [2.45, 2.75) is 44.5 Å². The van der Waals surface area contributed by atoms with Crippen molar-refractivity contribution in [3.05, 3.63) is 35.4 Å². The maximum Gasteiger partial charge on any atom is 0.233 e. The standard InChI is InChI=1S/C14H20BrNO/c1-4-13(15)14(17)16-11(3)9-12-8-6-5-7-10(12)2/h5-8,11,13H,4,9H2,1-3H3,(H,16,17). The van der Waals surface area contributed by atoms with E-state index in [0.717, 1.165) is 12.8 Å². The Hall–Kier alpha value is -0.830. The number of rotatable bonds is 5. The molecule has 0 aliphatic carbocycles. The van der Waals surface area contributed by atoms with Gasteiger partial charge in [0.1, 0.15) is 0 Å². The molecular weight excluding hydrogens is 278 g/mol. The van der Waals surface area contributed by atoms with Crippen molar-refractivity contribution in [1.82, 2.24) is 5.32 Å². The van der Waals surface area contributed by atoms with Crippen molar-refractivity contribution < 1.29 is 4.79 Å². The van der Waals surface area contributed by atoms with Crippen molar-refractivity contribution in [3.8, 4) is 0 Å². The van der Waals surface area contributed by atoms with E-state index in [2.05, 4.69) is 40.3 Å². The fourth-order valence-electron chi connectivity index (χ4n) is 1.74. The first-order valence-corrected chi connectivity index (χ1v) is 6.95. The molecule has 94 valence electrons. The molecule has 0 heterocycles. The Labute approximate surface area is 112 Å². The number of hydrogen-bond donors (Lipinski definition) is 1. The summed E-state index contributed by atoms with van der Waals surface area (Å²) in [4.78, 5) is 11.6. The second-order valence-corrected chi connectivity index (χ2v) is 5.52. The van der Waals surface area contributed by atoms with Gasteiger partial charge in [-0.3, -0.25) is 4.79 Å². The third-order valence-corrected chi connectivity index (χ3v) is 3.88. The van der Waals surface area contributed by atoms with Gasteiger partial charge in [0.25, 0.3) is 0 Å². The van der Waals surface area contributed by atoms with Crippen LogP contribution in [0.25, 0.3) is 0 Å². The summed E-state index contributed by atoms with van der Waals surface area (Å²) in [6.07, 6.45) is 1.69. The number of nitrogens with one attached hydrogen (secondary N) is 1. The van der Waals surface area contributed by atoms with Crippen molar-refractivity contribution in [1.29, 1.82) is 0 Å². The summed E-state index contributed by atoms with van der Waals surface area (Å²) in [6, 6.07) is 8.45. The predicted octanol–water partition coefficient (Wildman–Crippen LogP) is 3.22. The molecule has 0 aliphatic heterocycles. The van der Waals surface area contributed by atoms with Gasteiger partial charge < -0.3 is 5.32 Å². The molecule has 1 rings (SSSR count). The van der Waals surface area contributed by atoms with E-state index in [9.17, 15) is 4.79 Å². The van der Waals surface area contributed by atoms with Crippen LogP contribution in [0, 0.1) is 6.92 Å². The van der Waals surface area contributed by atoms with Crippen molar-refractivity contribution >= 4 is 21.8 Å². The number of aryl methyl sites for hydroxylation is 1. The minimum absolute atomic E-state index is 0.0774. The van der Waals surface area contributed by atoms with Gasteiger partial charge in [-0.25, -0.2) is 0 Å². The minimum Gasteiger partial charge on any atom is -0.352 e. The lowest BCUT2D eigenvalue weighted by Gasteiger charge is -2.17. The predicted molar refractivity (Wildman–Crippen MR) is 75.5 cm³/mol. The van der Waals surface area contributed by atoms with Crippen LogP contribution in [0.4, 0.5) is 0 Å². The molecule has 0 spiro atoms. The Bertz CT molecular complexity index is 378. The Morgan fingerprint density at radius 1 is 1.41 bits per heavy atom. The molecule has 0 saturated carbocycles. The third kappa shape index (κ3) is 4.50. The first-order chi connectivity index (χ1) is 8.04. The van der Waals surface area contributed by atoms with Crippen LogP contribution in [0.3, 0.4) is 0 Å². The molecule has 1 aromatic rings. The Kier molecular flexibility index (Phi) is 5.69. The lowest BCUT2D eigenvalue weighted by molar-refractivity contribution is -0.121. The van der Waals surface area contributed by atoms with E-state index in [1.807, 2.05) is 26.0 Å². The van der Waals surface area contributed by atoms with Crippen LogP contribution in [0.2, 0.25) is 0 Å². The van der Waals surface area contributed by atoms with Crippen molar-refractivity contribution in [2.75, 3.05) is 0 Å². The maximum absolute atomic E-state index is 11.7. The van der Waals surface area contributed by atoms with E-state index in [1.165, 1.54) is 11.1 Å². The smallest absolute Gasteiger partial charge is 0.233 e. The van der Waals surface area contributed by atoms with E-state index in [0.29, 0.717) is 0 Å². The van der Waals surface area contributed by atoms with E-state index >= 15 is 0 Å². The summed E-state index contributed by atoms with van der Waals surface area (Å²) in [6.45, 7) is 6.13. The third-order valence-electron chi connectivity index (χ3n) is 2.82. The zero-order chi connectivity index (χ0) is 12.8. The molecule has 17 heavy (non-hydrogen) atoms. The Morgan fingerprint density at radius 2 is 2.06 bits per heavy atom. The van der Waals surface area contributed by atoms with E-state index < -0.39 is 0 Å². The number of carbonyl (C=O) groups is 1. The molecule has 0 bridgehead atoms. The summed E-state index contributed by atoms with van der Waals surface area (Å²) in [7, 11) is 0. The largest absolute Gasteiger partial charge is 0.352 e. The quantitative estimate of drug-likeness (QED) is 0.831. The summed E-state index contributed by atoms with van der Waals surface area (Å²) >= 11 is 3.36. The molecule has 2 atom stereocenters. The first kappa shape index (κ1) is 14.2. The first-order valence-electron chi connectivity index (χ1n) is 6.03. The number of hydrogen-bond acceptors (Lipinski definition) is 1. The molecule has 1 aromatic carbocycles. The van der Waals surface area contributed by atoms with Crippen LogP contribution in [-0.2, 0) is 11.2 Å². The average Bonchev–Trinajstić information content (AvgIpc) is 2.31. The highest BCUT2D eigenvalue weighted by Gasteiger charge is 2.15. The maximum atomic E-state index is 11.7. The highest BCUT2D eigenvalue weighted by molar-refractivity contribution is 9.10. The molecular formula is C14H20BrNO. The van der Waals surface area contributed by atoms with Crippen molar-refractivity contribution in [3.63, 3.8) is 0 Å². The van der Waals surface area contributed by atoms with Gasteiger partial charge in [-0.2, -0.15) is 0 Å². The number of amides is 1. The van der Waals surface area contributed by atoms with Gasteiger partial charge in [-0.1, -0.05) is 47.1 Å². The topological polar surface area (TPSA) is 29.1 Å². The lowest BCUT2D eigenvalue weighted by atomic mass is 10.0. The highest BCUT2D eigenvalue weighted by Crippen LogP contribution is 2.10. The number of benzene rings is 1. The van der Waals surface area contributed by atoms with E-state index in [-0.39, 0.29) is 16.8 Å². The molecule has 0 aliphatic rings. The van der Waals surface area contributed by atoms with Gasteiger partial charge in [0.05, 0.1) is 4.83 Å². The molecule has 1 amide bonds. The van der Waals surface area contributed by atoms with Crippen LogP contribution in [-0.4, -0.2) is 16.8 Å².